The van der Waals surface area contributed by atoms with Crippen LogP contribution in [-0.2, 0) is 24.3 Å². The standard InChI is InChI=1S/C18H23FN4O2S/c19-14-6-8-15(9-7-14)26-12-4-10-20-17(24)13-23-18(25)22-11-3-1-2-5-16(22)21-23/h6-9H,1-5,10-13H2,(H,20,24). The Labute approximate surface area is 155 Å². The molecule has 0 atom stereocenters. The number of thioether (sulfide) groups is 1. The molecule has 6 nitrogen and oxygen atoms in total. The van der Waals surface area contributed by atoms with E-state index in [-0.39, 0.29) is 24.0 Å². The Morgan fingerprint density at radius 1 is 1.23 bits per heavy atom. The molecule has 26 heavy (non-hydrogen) atoms. The van der Waals surface area contributed by atoms with Gasteiger partial charge in [-0.15, -0.1) is 11.8 Å². The molecule has 0 aliphatic carbocycles. The van der Waals surface area contributed by atoms with Crippen molar-refractivity contribution in [2.24, 2.45) is 0 Å². The molecule has 0 spiro atoms. The van der Waals surface area contributed by atoms with Crippen molar-refractivity contribution in [2.75, 3.05) is 12.3 Å². The molecule has 2 aromatic rings. The highest BCUT2D eigenvalue weighted by molar-refractivity contribution is 7.99. The van der Waals surface area contributed by atoms with E-state index in [9.17, 15) is 14.0 Å². The summed E-state index contributed by atoms with van der Waals surface area (Å²) in [6.07, 6.45) is 4.72. The van der Waals surface area contributed by atoms with E-state index in [1.54, 1.807) is 28.5 Å². The van der Waals surface area contributed by atoms with Gasteiger partial charge >= 0.3 is 5.69 Å². The van der Waals surface area contributed by atoms with Gasteiger partial charge in [0.2, 0.25) is 5.91 Å². The lowest BCUT2D eigenvalue weighted by atomic mass is 10.2. The van der Waals surface area contributed by atoms with E-state index in [1.807, 2.05) is 0 Å². The van der Waals surface area contributed by atoms with Gasteiger partial charge in [-0.25, -0.2) is 13.9 Å². The minimum atomic E-state index is -0.242. The number of carbonyl (C=O) groups is 1. The molecule has 0 saturated carbocycles. The number of benzene rings is 1. The molecule has 0 saturated heterocycles. The number of hydrogen-bond acceptors (Lipinski definition) is 4. The van der Waals surface area contributed by atoms with Crippen molar-refractivity contribution in [2.45, 2.75) is 50.1 Å². The van der Waals surface area contributed by atoms with Crippen molar-refractivity contribution in [1.82, 2.24) is 19.7 Å². The van der Waals surface area contributed by atoms with Crippen molar-refractivity contribution in [3.05, 3.63) is 46.4 Å². The number of aryl methyl sites for hydroxylation is 1. The SMILES string of the molecule is O=C(Cn1nc2n(c1=O)CCCCC2)NCCCSc1ccc(F)cc1. The monoisotopic (exact) mass is 378 g/mol. The maximum Gasteiger partial charge on any atom is 0.346 e. The van der Waals surface area contributed by atoms with Crippen LogP contribution in [0.3, 0.4) is 0 Å². The van der Waals surface area contributed by atoms with E-state index in [1.165, 1.54) is 16.8 Å². The van der Waals surface area contributed by atoms with Crippen molar-refractivity contribution >= 4 is 17.7 Å². The second-order valence-electron chi connectivity index (χ2n) is 6.32. The zero-order valence-electron chi connectivity index (χ0n) is 14.6. The quantitative estimate of drug-likeness (QED) is 0.592. The van der Waals surface area contributed by atoms with E-state index < -0.39 is 0 Å². The van der Waals surface area contributed by atoms with E-state index >= 15 is 0 Å². The molecule has 1 aromatic carbocycles. The Balaban J connectivity index is 1.40. The predicted octanol–water partition coefficient (Wildman–Crippen LogP) is 2.21. The molecule has 0 radical (unpaired) electrons. The fourth-order valence-corrected chi connectivity index (χ4v) is 3.79. The topological polar surface area (TPSA) is 68.9 Å². The number of aromatic nitrogens is 3. The molecule has 140 valence electrons. The first kappa shape index (κ1) is 18.7. The Bertz CT molecular complexity index is 801. The molecule has 8 heteroatoms. The van der Waals surface area contributed by atoms with Gasteiger partial charge in [0.1, 0.15) is 18.2 Å². The van der Waals surface area contributed by atoms with Crippen LogP contribution in [0.1, 0.15) is 31.5 Å². The molecule has 1 aliphatic rings. The van der Waals surface area contributed by atoms with Crippen molar-refractivity contribution in [3.63, 3.8) is 0 Å². The van der Waals surface area contributed by atoms with Crippen LogP contribution in [-0.4, -0.2) is 32.6 Å². The number of hydrogen-bond donors (Lipinski definition) is 1. The largest absolute Gasteiger partial charge is 0.354 e. The van der Waals surface area contributed by atoms with Gasteiger partial charge in [0, 0.05) is 24.4 Å². The molecule has 2 heterocycles. The van der Waals surface area contributed by atoms with E-state index in [2.05, 4.69) is 10.4 Å². The van der Waals surface area contributed by atoms with Crippen molar-refractivity contribution < 1.29 is 9.18 Å². The summed E-state index contributed by atoms with van der Waals surface area (Å²) in [7, 11) is 0. The average Bonchev–Trinajstić information content (AvgIpc) is 2.79. The maximum atomic E-state index is 12.8. The minimum Gasteiger partial charge on any atom is -0.354 e. The fraction of sp³-hybridized carbons (Fsp3) is 0.500. The lowest BCUT2D eigenvalue weighted by Gasteiger charge is -2.05. The Hall–Kier alpha value is -2.09. The summed E-state index contributed by atoms with van der Waals surface area (Å²) in [6, 6.07) is 6.37. The van der Waals surface area contributed by atoms with Crippen LogP contribution in [0.4, 0.5) is 4.39 Å². The third kappa shape index (κ3) is 4.97. The number of rotatable bonds is 7. The highest BCUT2D eigenvalue weighted by atomic mass is 32.2. The van der Waals surface area contributed by atoms with Gasteiger partial charge in [-0.2, -0.15) is 5.10 Å². The molecule has 0 unspecified atom stereocenters. The summed E-state index contributed by atoms with van der Waals surface area (Å²) in [5.74, 6) is 1.17. The number of fused-ring (bicyclic) bond motifs is 1. The summed E-state index contributed by atoms with van der Waals surface area (Å²) in [5, 5.41) is 7.14. The Morgan fingerprint density at radius 3 is 2.85 bits per heavy atom. The molecule has 0 fully saturated rings. The van der Waals surface area contributed by atoms with Gasteiger partial charge in [0.15, 0.2) is 0 Å². The highest BCUT2D eigenvalue weighted by Crippen LogP contribution is 2.18. The number of halogens is 1. The second-order valence-corrected chi connectivity index (χ2v) is 7.49. The van der Waals surface area contributed by atoms with Crippen LogP contribution in [0.25, 0.3) is 0 Å². The van der Waals surface area contributed by atoms with Crippen molar-refractivity contribution in [1.29, 1.82) is 0 Å². The number of amides is 1. The van der Waals surface area contributed by atoms with Gasteiger partial charge in [0.05, 0.1) is 0 Å². The molecule has 1 aliphatic heterocycles. The Kier molecular flexibility index (Phi) is 6.49. The summed E-state index contributed by atoms with van der Waals surface area (Å²) in [5.41, 5.74) is -0.191. The normalized spacial score (nSPS) is 13.9. The molecule has 1 N–H and O–H groups in total. The van der Waals surface area contributed by atoms with Crippen LogP contribution in [0, 0.1) is 5.82 Å². The molecule has 1 aromatic heterocycles. The van der Waals surface area contributed by atoms with E-state index in [0.29, 0.717) is 13.1 Å². The highest BCUT2D eigenvalue weighted by Gasteiger charge is 2.16. The minimum absolute atomic E-state index is 0.0378. The maximum absolute atomic E-state index is 12.8. The molecular formula is C18H23FN4O2S. The lowest BCUT2D eigenvalue weighted by Crippen LogP contribution is -2.34. The third-order valence-corrected chi connectivity index (χ3v) is 5.40. The molecule has 3 rings (SSSR count). The summed E-state index contributed by atoms with van der Waals surface area (Å²) in [4.78, 5) is 25.4. The van der Waals surface area contributed by atoms with Crippen LogP contribution in [0.15, 0.2) is 34.0 Å². The van der Waals surface area contributed by atoms with Crippen molar-refractivity contribution in [3.8, 4) is 0 Å². The second kappa shape index (κ2) is 9.02. The van der Waals surface area contributed by atoms with Gasteiger partial charge in [-0.05, 0) is 49.3 Å². The summed E-state index contributed by atoms with van der Waals surface area (Å²) < 4.78 is 15.8. The molecule has 0 bridgehead atoms. The van der Waals surface area contributed by atoms with Gasteiger partial charge in [-0.1, -0.05) is 6.42 Å². The number of carbonyl (C=O) groups excluding carboxylic acids is 1. The van der Waals surface area contributed by atoms with Gasteiger partial charge in [-0.3, -0.25) is 9.36 Å². The summed E-state index contributed by atoms with van der Waals surface area (Å²) in [6.45, 7) is 1.19. The van der Waals surface area contributed by atoms with Gasteiger partial charge in [0.25, 0.3) is 0 Å². The van der Waals surface area contributed by atoms with Crippen LogP contribution in [0.2, 0.25) is 0 Å². The van der Waals surface area contributed by atoms with Crippen LogP contribution < -0.4 is 11.0 Å². The molecule has 1 amide bonds. The third-order valence-electron chi connectivity index (χ3n) is 4.30. The fourth-order valence-electron chi connectivity index (χ4n) is 2.94. The molecular weight excluding hydrogens is 355 g/mol. The van der Waals surface area contributed by atoms with E-state index in [4.69, 9.17) is 0 Å². The first-order valence-corrected chi connectivity index (χ1v) is 9.93. The first-order chi connectivity index (χ1) is 12.6. The van der Waals surface area contributed by atoms with Crippen LogP contribution >= 0.6 is 11.8 Å². The lowest BCUT2D eigenvalue weighted by molar-refractivity contribution is -0.121. The predicted molar refractivity (Wildman–Crippen MR) is 98.8 cm³/mol. The Morgan fingerprint density at radius 2 is 2.04 bits per heavy atom. The smallest absolute Gasteiger partial charge is 0.346 e. The zero-order chi connectivity index (χ0) is 18.4. The van der Waals surface area contributed by atoms with Gasteiger partial charge < -0.3 is 5.32 Å². The number of nitrogens with one attached hydrogen (secondary N) is 1. The first-order valence-electron chi connectivity index (χ1n) is 8.95. The average molecular weight is 378 g/mol. The zero-order valence-corrected chi connectivity index (χ0v) is 15.4. The number of nitrogens with zero attached hydrogens (tertiary/aromatic N) is 3. The summed E-state index contributed by atoms with van der Waals surface area (Å²) >= 11 is 1.62. The van der Waals surface area contributed by atoms with E-state index in [0.717, 1.165) is 48.6 Å². The van der Waals surface area contributed by atoms with Crippen LogP contribution in [0.5, 0.6) is 0 Å².